The van der Waals surface area contributed by atoms with E-state index in [9.17, 15) is 22.8 Å². The van der Waals surface area contributed by atoms with Gasteiger partial charge in [0.1, 0.15) is 0 Å². The van der Waals surface area contributed by atoms with Gasteiger partial charge >= 0.3 is 11.9 Å². The zero-order valence-corrected chi connectivity index (χ0v) is 18.7. The van der Waals surface area contributed by atoms with Crippen LogP contribution in [0.2, 0.25) is 0 Å². The van der Waals surface area contributed by atoms with Crippen LogP contribution < -0.4 is 0 Å². The second kappa shape index (κ2) is 9.78. The van der Waals surface area contributed by atoms with Gasteiger partial charge in [0.2, 0.25) is 15.9 Å². The molecule has 2 fully saturated rings. The van der Waals surface area contributed by atoms with Crippen molar-refractivity contribution in [2.75, 3.05) is 40.4 Å². The van der Waals surface area contributed by atoms with Crippen molar-refractivity contribution < 1.29 is 32.3 Å². The van der Waals surface area contributed by atoms with Gasteiger partial charge in [0.15, 0.2) is 0 Å². The molecule has 0 radical (unpaired) electrons. The molecule has 1 aliphatic heterocycles. The van der Waals surface area contributed by atoms with E-state index in [0.717, 1.165) is 32.1 Å². The van der Waals surface area contributed by atoms with E-state index in [0.29, 0.717) is 13.1 Å². The van der Waals surface area contributed by atoms with Gasteiger partial charge in [-0.2, -0.15) is 4.31 Å². The van der Waals surface area contributed by atoms with Gasteiger partial charge in [-0.3, -0.25) is 4.79 Å². The third-order valence-electron chi connectivity index (χ3n) is 5.89. The fourth-order valence-corrected chi connectivity index (χ4v) is 5.62. The predicted octanol–water partition coefficient (Wildman–Crippen LogP) is 1.67. The largest absolute Gasteiger partial charge is 0.465 e. The van der Waals surface area contributed by atoms with Crippen molar-refractivity contribution in [2.45, 2.75) is 37.0 Å². The maximum absolute atomic E-state index is 13.2. The molecular formula is C21H28N2O7S. The van der Waals surface area contributed by atoms with Crippen LogP contribution in [0.3, 0.4) is 0 Å². The fraction of sp³-hybridized carbons (Fsp3) is 0.571. The lowest BCUT2D eigenvalue weighted by molar-refractivity contribution is -0.137. The van der Waals surface area contributed by atoms with E-state index in [1.165, 1.54) is 36.7 Å². The first-order chi connectivity index (χ1) is 14.8. The highest BCUT2D eigenvalue weighted by Crippen LogP contribution is 2.27. The maximum atomic E-state index is 13.2. The molecular weight excluding hydrogens is 424 g/mol. The number of rotatable bonds is 5. The van der Waals surface area contributed by atoms with Gasteiger partial charge < -0.3 is 14.4 Å². The van der Waals surface area contributed by atoms with E-state index in [2.05, 4.69) is 9.47 Å². The Bertz CT molecular complexity index is 912. The summed E-state index contributed by atoms with van der Waals surface area (Å²) in [4.78, 5) is 38.2. The second-order valence-electron chi connectivity index (χ2n) is 7.79. The van der Waals surface area contributed by atoms with Gasteiger partial charge in [0.25, 0.3) is 0 Å². The van der Waals surface area contributed by atoms with Crippen molar-refractivity contribution >= 4 is 27.9 Å². The molecule has 1 heterocycles. The van der Waals surface area contributed by atoms with Crippen LogP contribution in [0.15, 0.2) is 23.1 Å². The summed E-state index contributed by atoms with van der Waals surface area (Å²) in [7, 11) is -1.64. The number of hydrogen-bond donors (Lipinski definition) is 0. The molecule has 0 aromatic heterocycles. The smallest absolute Gasteiger partial charge is 0.337 e. The first kappa shape index (κ1) is 23.2. The first-order valence-electron chi connectivity index (χ1n) is 10.4. The molecule has 170 valence electrons. The van der Waals surface area contributed by atoms with E-state index in [1.807, 2.05) is 0 Å². The monoisotopic (exact) mass is 452 g/mol. The van der Waals surface area contributed by atoms with Gasteiger partial charge in [0, 0.05) is 32.1 Å². The van der Waals surface area contributed by atoms with Crippen LogP contribution in [0.4, 0.5) is 0 Å². The molecule has 0 spiro atoms. The molecule has 1 amide bonds. The Hall–Kier alpha value is -2.46. The maximum Gasteiger partial charge on any atom is 0.337 e. The number of amides is 1. The van der Waals surface area contributed by atoms with Gasteiger partial charge in [-0.25, -0.2) is 18.0 Å². The molecule has 1 saturated heterocycles. The van der Waals surface area contributed by atoms with Crippen LogP contribution in [0.25, 0.3) is 0 Å². The van der Waals surface area contributed by atoms with Crippen molar-refractivity contribution in [1.82, 2.24) is 9.21 Å². The highest BCUT2D eigenvalue weighted by atomic mass is 32.2. The molecule has 3 rings (SSSR count). The van der Waals surface area contributed by atoms with Crippen molar-refractivity contribution in [3.63, 3.8) is 0 Å². The topological polar surface area (TPSA) is 110 Å². The fourth-order valence-electron chi connectivity index (χ4n) is 4.13. The summed E-state index contributed by atoms with van der Waals surface area (Å²) in [6.07, 6.45) is 5.07. The minimum Gasteiger partial charge on any atom is -0.465 e. The average molecular weight is 453 g/mol. The summed E-state index contributed by atoms with van der Waals surface area (Å²) in [6, 6.07) is 3.61. The molecule has 10 heteroatoms. The van der Waals surface area contributed by atoms with Crippen LogP contribution in [0.1, 0.15) is 52.8 Å². The summed E-state index contributed by atoms with van der Waals surface area (Å²) in [5.74, 6) is -1.37. The normalized spacial score (nSPS) is 18.5. The van der Waals surface area contributed by atoms with E-state index < -0.39 is 22.0 Å². The van der Waals surface area contributed by atoms with Crippen LogP contribution in [0, 0.1) is 5.92 Å². The van der Waals surface area contributed by atoms with Crippen molar-refractivity contribution in [3.8, 4) is 0 Å². The summed E-state index contributed by atoms with van der Waals surface area (Å²) in [6.45, 7) is 0.928. The molecule has 31 heavy (non-hydrogen) atoms. The molecule has 0 N–H and O–H groups in total. The Labute approximate surface area is 182 Å². The molecule has 0 bridgehead atoms. The third kappa shape index (κ3) is 5.07. The standard InChI is InChI=1S/C21H28N2O7S/c1-29-20(25)16-12-17(21(26)30-2)14-18(13-16)31(27,28)23-10-8-22(9-11-23)19(24)15-6-4-3-5-7-15/h12-15H,3-11H2,1-2H3. The highest BCUT2D eigenvalue weighted by Gasteiger charge is 2.33. The molecule has 1 aromatic carbocycles. The quantitative estimate of drug-likeness (QED) is 0.625. The molecule has 9 nitrogen and oxygen atoms in total. The number of hydrogen-bond acceptors (Lipinski definition) is 7. The van der Waals surface area contributed by atoms with E-state index in [1.54, 1.807) is 4.90 Å². The molecule has 2 aliphatic rings. The van der Waals surface area contributed by atoms with Gasteiger partial charge in [-0.05, 0) is 31.0 Å². The van der Waals surface area contributed by atoms with Crippen molar-refractivity contribution in [1.29, 1.82) is 0 Å². The Morgan fingerprint density at radius 2 is 1.35 bits per heavy atom. The molecule has 1 aliphatic carbocycles. The van der Waals surface area contributed by atoms with Crippen LogP contribution in [0.5, 0.6) is 0 Å². The number of carbonyl (C=O) groups excluding carboxylic acids is 3. The number of carbonyl (C=O) groups is 3. The molecule has 0 atom stereocenters. The lowest BCUT2D eigenvalue weighted by Crippen LogP contribution is -2.52. The van der Waals surface area contributed by atoms with Crippen molar-refractivity contribution in [2.24, 2.45) is 5.92 Å². The molecule has 1 saturated carbocycles. The van der Waals surface area contributed by atoms with E-state index in [-0.39, 0.29) is 40.9 Å². The summed E-state index contributed by atoms with van der Waals surface area (Å²) >= 11 is 0. The number of nitrogens with zero attached hydrogens (tertiary/aromatic N) is 2. The van der Waals surface area contributed by atoms with Crippen LogP contribution in [-0.4, -0.2) is 75.9 Å². The zero-order valence-electron chi connectivity index (χ0n) is 17.8. The van der Waals surface area contributed by atoms with Gasteiger partial charge in [0.05, 0.1) is 30.2 Å². The Balaban J connectivity index is 1.78. The average Bonchev–Trinajstić information content (AvgIpc) is 2.82. The van der Waals surface area contributed by atoms with Crippen LogP contribution >= 0.6 is 0 Å². The number of ether oxygens (including phenoxy) is 2. The summed E-state index contributed by atoms with van der Waals surface area (Å²) in [5, 5.41) is 0. The number of methoxy groups -OCH3 is 2. The zero-order chi connectivity index (χ0) is 22.6. The first-order valence-corrected chi connectivity index (χ1v) is 11.8. The Morgan fingerprint density at radius 1 is 0.839 bits per heavy atom. The number of sulfonamides is 1. The second-order valence-corrected chi connectivity index (χ2v) is 9.73. The predicted molar refractivity (Wildman–Crippen MR) is 111 cm³/mol. The lowest BCUT2D eigenvalue weighted by Gasteiger charge is -2.36. The minimum absolute atomic E-state index is 0.0382. The van der Waals surface area contributed by atoms with Gasteiger partial charge in [-0.1, -0.05) is 19.3 Å². The SMILES string of the molecule is COC(=O)c1cc(C(=O)OC)cc(S(=O)(=O)N2CCN(C(=O)C3CCCCC3)CC2)c1. The van der Waals surface area contributed by atoms with Crippen molar-refractivity contribution in [3.05, 3.63) is 29.3 Å². The summed E-state index contributed by atoms with van der Waals surface area (Å²) in [5.41, 5.74) is -0.120. The molecule has 0 unspecified atom stereocenters. The minimum atomic E-state index is -3.98. The number of benzene rings is 1. The summed E-state index contributed by atoms with van der Waals surface area (Å²) < 4.78 is 37.0. The van der Waals surface area contributed by atoms with Crippen LogP contribution in [-0.2, 0) is 24.3 Å². The lowest BCUT2D eigenvalue weighted by atomic mass is 9.88. The molecule has 1 aromatic rings. The number of esters is 2. The van der Waals surface area contributed by atoms with E-state index in [4.69, 9.17) is 0 Å². The Morgan fingerprint density at radius 3 is 1.84 bits per heavy atom. The van der Waals surface area contributed by atoms with E-state index >= 15 is 0 Å². The number of piperazine rings is 1. The third-order valence-corrected chi connectivity index (χ3v) is 7.77. The highest BCUT2D eigenvalue weighted by molar-refractivity contribution is 7.89. The Kier molecular flexibility index (Phi) is 7.32. The van der Waals surface area contributed by atoms with Gasteiger partial charge in [-0.15, -0.1) is 0 Å².